The summed E-state index contributed by atoms with van der Waals surface area (Å²) in [6, 6.07) is 15.9. The van der Waals surface area contributed by atoms with Crippen LogP contribution in [-0.4, -0.2) is 53.5 Å². The van der Waals surface area contributed by atoms with Gasteiger partial charge in [-0.1, -0.05) is 48.5 Å². The molecule has 8 nitrogen and oxygen atoms in total. The molecule has 2 unspecified atom stereocenters. The van der Waals surface area contributed by atoms with Crippen LogP contribution in [0, 0.1) is 5.92 Å². The topological polar surface area (TPSA) is 125 Å². The van der Waals surface area contributed by atoms with Gasteiger partial charge >= 0.3 is 12.1 Å². The molecule has 0 heterocycles. The van der Waals surface area contributed by atoms with E-state index in [9.17, 15) is 19.5 Å². The van der Waals surface area contributed by atoms with Crippen molar-refractivity contribution in [1.82, 2.24) is 10.6 Å². The van der Waals surface area contributed by atoms with Gasteiger partial charge < -0.3 is 25.6 Å². The number of hydrogen-bond acceptors (Lipinski definition) is 5. The lowest BCUT2D eigenvalue weighted by molar-refractivity contribution is -0.147. The SMILES string of the molecule is O=C(CC(NC(=O)OCC1c2ccccc2-c2ccccc21)C1CC1)NCCC(O)C(=O)O. The van der Waals surface area contributed by atoms with Gasteiger partial charge in [-0.25, -0.2) is 9.59 Å². The molecule has 2 atom stereocenters. The first-order chi connectivity index (χ1) is 15.9. The molecule has 2 aliphatic carbocycles. The number of aliphatic carboxylic acids is 1. The fourth-order valence-corrected chi connectivity index (χ4v) is 4.37. The number of amides is 2. The Bertz CT molecular complexity index is 990. The van der Waals surface area contributed by atoms with Crippen LogP contribution in [0.5, 0.6) is 0 Å². The van der Waals surface area contributed by atoms with E-state index in [-0.39, 0.29) is 49.8 Å². The number of nitrogens with one attached hydrogen (secondary N) is 2. The highest BCUT2D eigenvalue weighted by molar-refractivity contribution is 5.80. The van der Waals surface area contributed by atoms with Crippen molar-refractivity contribution in [3.05, 3.63) is 59.7 Å². The summed E-state index contributed by atoms with van der Waals surface area (Å²) >= 11 is 0. The van der Waals surface area contributed by atoms with Crippen LogP contribution < -0.4 is 10.6 Å². The van der Waals surface area contributed by atoms with Gasteiger partial charge in [-0.2, -0.15) is 0 Å². The Morgan fingerprint density at radius 2 is 1.61 bits per heavy atom. The molecule has 1 saturated carbocycles. The Kier molecular flexibility index (Phi) is 6.93. The number of benzene rings is 2. The van der Waals surface area contributed by atoms with Crippen molar-refractivity contribution >= 4 is 18.0 Å². The van der Waals surface area contributed by atoms with Gasteiger partial charge in [-0.05, 0) is 41.0 Å². The number of aliphatic hydroxyl groups is 1. The second-order valence-corrected chi connectivity index (χ2v) is 8.61. The van der Waals surface area contributed by atoms with Gasteiger partial charge in [0.2, 0.25) is 5.91 Å². The minimum atomic E-state index is -1.51. The summed E-state index contributed by atoms with van der Waals surface area (Å²) in [6.07, 6.45) is -0.197. The molecule has 0 aliphatic heterocycles. The van der Waals surface area contributed by atoms with E-state index >= 15 is 0 Å². The fourth-order valence-electron chi connectivity index (χ4n) is 4.37. The summed E-state index contributed by atoms with van der Waals surface area (Å²) in [7, 11) is 0. The highest BCUT2D eigenvalue weighted by Crippen LogP contribution is 2.44. The standard InChI is InChI=1S/C25H28N2O6/c28-22(24(30)31)11-12-26-23(29)13-21(15-9-10-15)27-25(32)33-14-20-18-7-3-1-5-16(18)17-6-2-4-8-19(17)20/h1-8,15,20-22,28H,9-14H2,(H,26,29)(H,27,32)(H,30,31). The molecule has 0 aromatic heterocycles. The van der Waals surface area contributed by atoms with Crippen molar-refractivity contribution in [2.45, 2.75) is 43.7 Å². The van der Waals surface area contributed by atoms with Crippen molar-refractivity contribution < 1.29 is 29.3 Å². The van der Waals surface area contributed by atoms with Gasteiger partial charge in [0.05, 0.1) is 0 Å². The molecule has 8 heteroatoms. The number of hydrogen-bond donors (Lipinski definition) is 4. The second-order valence-electron chi connectivity index (χ2n) is 8.61. The normalized spacial score (nSPS) is 16.3. The lowest BCUT2D eigenvalue weighted by atomic mass is 9.98. The van der Waals surface area contributed by atoms with Crippen LogP contribution in [-0.2, 0) is 14.3 Å². The molecule has 0 saturated heterocycles. The van der Waals surface area contributed by atoms with E-state index in [1.54, 1.807) is 0 Å². The molecule has 4 rings (SSSR count). The van der Waals surface area contributed by atoms with Gasteiger partial charge in [0.25, 0.3) is 0 Å². The fraction of sp³-hybridized carbons (Fsp3) is 0.400. The van der Waals surface area contributed by atoms with Crippen LogP contribution in [0.2, 0.25) is 0 Å². The predicted octanol–water partition coefficient (Wildman–Crippen LogP) is 2.65. The molecule has 0 radical (unpaired) electrons. The highest BCUT2D eigenvalue weighted by Gasteiger charge is 2.35. The van der Waals surface area contributed by atoms with E-state index in [2.05, 4.69) is 34.9 Å². The number of carbonyl (C=O) groups is 3. The summed E-state index contributed by atoms with van der Waals surface area (Å²) in [6.45, 7) is 0.255. The summed E-state index contributed by atoms with van der Waals surface area (Å²) in [5.74, 6) is -1.44. The van der Waals surface area contributed by atoms with Gasteiger partial charge in [0.15, 0.2) is 6.10 Å². The summed E-state index contributed by atoms with van der Waals surface area (Å²) < 4.78 is 5.59. The molecule has 33 heavy (non-hydrogen) atoms. The third-order valence-electron chi connectivity index (χ3n) is 6.27. The van der Waals surface area contributed by atoms with Crippen molar-refractivity contribution in [2.24, 2.45) is 5.92 Å². The second kappa shape index (κ2) is 10.0. The minimum absolute atomic E-state index is 0.0357. The molecule has 2 aliphatic rings. The third kappa shape index (κ3) is 5.51. The summed E-state index contributed by atoms with van der Waals surface area (Å²) in [5.41, 5.74) is 4.58. The first-order valence-electron chi connectivity index (χ1n) is 11.2. The lowest BCUT2D eigenvalue weighted by Gasteiger charge is -2.19. The van der Waals surface area contributed by atoms with Crippen LogP contribution >= 0.6 is 0 Å². The number of rotatable bonds is 10. The maximum absolute atomic E-state index is 12.6. The largest absolute Gasteiger partial charge is 0.479 e. The maximum atomic E-state index is 12.6. The quantitative estimate of drug-likeness (QED) is 0.439. The van der Waals surface area contributed by atoms with Crippen molar-refractivity contribution in [3.63, 3.8) is 0 Å². The Labute approximate surface area is 192 Å². The van der Waals surface area contributed by atoms with Gasteiger partial charge in [-0.3, -0.25) is 4.79 Å². The molecule has 2 amide bonds. The molecule has 0 spiro atoms. The molecule has 4 N–H and O–H groups in total. The number of fused-ring (bicyclic) bond motifs is 3. The van der Waals surface area contributed by atoms with Crippen LogP contribution in [0.1, 0.15) is 42.7 Å². The number of aliphatic hydroxyl groups excluding tert-OH is 1. The molecule has 174 valence electrons. The molecule has 0 bridgehead atoms. The van der Waals surface area contributed by atoms with Crippen LogP contribution in [0.3, 0.4) is 0 Å². The average Bonchev–Trinajstić information content (AvgIpc) is 3.60. The van der Waals surface area contributed by atoms with E-state index in [4.69, 9.17) is 9.84 Å². The summed E-state index contributed by atoms with van der Waals surface area (Å²) in [4.78, 5) is 35.4. The maximum Gasteiger partial charge on any atom is 0.407 e. The Morgan fingerprint density at radius 3 is 2.18 bits per heavy atom. The van der Waals surface area contributed by atoms with Crippen LogP contribution in [0.25, 0.3) is 11.1 Å². The van der Waals surface area contributed by atoms with E-state index in [1.165, 1.54) is 0 Å². The van der Waals surface area contributed by atoms with Gasteiger partial charge in [0.1, 0.15) is 6.61 Å². The Hall–Kier alpha value is -3.39. The molecule has 2 aromatic rings. The van der Waals surface area contributed by atoms with Crippen LogP contribution in [0.4, 0.5) is 4.79 Å². The van der Waals surface area contributed by atoms with E-state index in [0.717, 1.165) is 35.1 Å². The third-order valence-corrected chi connectivity index (χ3v) is 6.27. The molecular weight excluding hydrogens is 424 g/mol. The highest BCUT2D eigenvalue weighted by atomic mass is 16.5. The minimum Gasteiger partial charge on any atom is -0.479 e. The van der Waals surface area contributed by atoms with E-state index < -0.39 is 18.2 Å². The Morgan fingerprint density at radius 1 is 1.00 bits per heavy atom. The van der Waals surface area contributed by atoms with E-state index in [1.807, 2.05) is 24.3 Å². The van der Waals surface area contributed by atoms with Gasteiger partial charge in [0, 0.05) is 31.3 Å². The van der Waals surface area contributed by atoms with Gasteiger partial charge in [-0.15, -0.1) is 0 Å². The zero-order valence-corrected chi connectivity index (χ0v) is 18.2. The smallest absolute Gasteiger partial charge is 0.407 e. The number of carboxylic acid groups (broad SMARTS) is 1. The molecular formula is C25H28N2O6. The molecule has 2 aromatic carbocycles. The number of carboxylic acids is 1. The number of ether oxygens (including phenoxy) is 1. The lowest BCUT2D eigenvalue weighted by Crippen LogP contribution is -2.41. The summed E-state index contributed by atoms with van der Waals surface area (Å²) in [5, 5.41) is 23.4. The van der Waals surface area contributed by atoms with Crippen molar-refractivity contribution in [1.29, 1.82) is 0 Å². The monoisotopic (exact) mass is 452 g/mol. The van der Waals surface area contributed by atoms with Crippen molar-refractivity contribution in [2.75, 3.05) is 13.2 Å². The van der Waals surface area contributed by atoms with Crippen LogP contribution in [0.15, 0.2) is 48.5 Å². The van der Waals surface area contributed by atoms with Crippen molar-refractivity contribution in [3.8, 4) is 11.1 Å². The number of alkyl carbamates (subject to hydrolysis) is 1. The first kappa shape index (κ1) is 22.8. The zero-order valence-electron chi connectivity index (χ0n) is 18.2. The van der Waals surface area contributed by atoms with E-state index in [0.29, 0.717) is 0 Å². The predicted molar refractivity (Wildman–Crippen MR) is 121 cm³/mol. The average molecular weight is 453 g/mol. The number of carbonyl (C=O) groups excluding carboxylic acids is 2. The Balaban J connectivity index is 1.30. The first-order valence-corrected chi connectivity index (χ1v) is 11.2. The zero-order chi connectivity index (χ0) is 23.4. The molecule has 1 fully saturated rings.